The smallest absolute Gasteiger partial charge is 0.325 e. The van der Waals surface area contributed by atoms with Gasteiger partial charge in [0.1, 0.15) is 12.3 Å². The lowest BCUT2D eigenvalue weighted by Gasteiger charge is -2.22. The molecule has 0 atom stereocenters. The molecule has 0 unspecified atom stereocenters. The van der Waals surface area contributed by atoms with Gasteiger partial charge in [-0.2, -0.15) is 0 Å². The van der Waals surface area contributed by atoms with Crippen LogP contribution in [0.1, 0.15) is 36.7 Å². The molecule has 0 saturated heterocycles. The van der Waals surface area contributed by atoms with Crippen molar-refractivity contribution in [1.82, 2.24) is 4.90 Å². The van der Waals surface area contributed by atoms with Gasteiger partial charge in [-0.05, 0) is 50.6 Å². The molecule has 1 amide bonds. The van der Waals surface area contributed by atoms with Crippen molar-refractivity contribution >= 4 is 11.9 Å². The first-order valence-electron chi connectivity index (χ1n) is 8.75. The average molecular weight is 355 g/mol. The van der Waals surface area contributed by atoms with E-state index in [1.807, 2.05) is 44.2 Å². The first kappa shape index (κ1) is 19.5. The monoisotopic (exact) mass is 355 g/mol. The van der Waals surface area contributed by atoms with Gasteiger partial charge in [-0.3, -0.25) is 9.59 Å². The van der Waals surface area contributed by atoms with Crippen LogP contribution in [0.2, 0.25) is 0 Å². The van der Waals surface area contributed by atoms with Gasteiger partial charge in [0, 0.05) is 12.1 Å². The Morgan fingerprint density at radius 3 is 2.23 bits per heavy atom. The highest BCUT2D eigenvalue weighted by Gasteiger charge is 2.20. The number of benzene rings is 2. The summed E-state index contributed by atoms with van der Waals surface area (Å²) in [6.07, 6.45) is 0.0648. The molecule has 0 fully saturated rings. The third kappa shape index (κ3) is 5.92. The number of carbonyl (C=O) groups is 2. The average Bonchev–Trinajstić information content (AvgIpc) is 2.62. The van der Waals surface area contributed by atoms with Gasteiger partial charge < -0.3 is 14.4 Å². The lowest BCUT2D eigenvalue weighted by Crippen LogP contribution is -2.36. The van der Waals surface area contributed by atoms with Crippen molar-refractivity contribution in [2.75, 3.05) is 13.2 Å². The van der Waals surface area contributed by atoms with Crippen molar-refractivity contribution in [2.45, 2.75) is 33.4 Å². The first-order chi connectivity index (χ1) is 12.5. The van der Waals surface area contributed by atoms with Crippen molar-refractivity contribution < 1.29 is 19.1 Å². The van der Waals surface area contributed by atoms with Gasteiger partial charge in [0.05, 0.1) is 12.7 Å². The molecule has 0 heterocycles. The molecule has 5 nitrogen and oxygen atoms in total. The highest BCUT2D eigenvalue weighted by molar-refractivity contribution is 5.96. The summed E-state index contributed by atoms with van der Waals surface area (Å²) < 4.78 is 10.6. The minimum atomic E-state index is -0.420. The molecule has 0 bridgehead atoms. The molecule has 0 aliphatic heterocycles. The molecule has 26 heavy (non-hydrogen) atoms. The summed E-state index contributed by atoms with van der Waals surface area (Å²) in [5.41, 5.74) is 1.45. The Kier molecular flexibility index (Phi) is 7.21. The van der Waals surface area contributed by atoms with Crippen LogP contribution >= 0.6 is 0 Å². The number of hydrogen-bond acceptors (Lipinski definition) is 4. The highest BCUT2D eigenvalue weighted by atomic mass is 16.5. The Morgan fingerprint density at radius 1 is 1.00 bits per heavy atom. The van der Waals surface area contributed by atoms with E-state index in [1.165, 1.54) is 4.90 Å². The Labute approximate surface area is 154 Å². The minimum Gasteiger partial charge on any atom is -0.491 e. The van der Waals surface area contributed by atoms with Crippen LogP contribution in [0.15, 0.2) is 54.6 Å². The zero-order chi connectivity index (χ0) is 18.9. The number of ether oxygens (including phenoxy) is 2. The number of rotatable bonds is 8. The summed E-state index contributed by atoms with van der Waals surface area (Å²) in [5.74, 6) is 0.0612. The molecular formula is C21H25NO4. The van der Waals surface area contributed by atoms with Gasteiger partial charge in [-0.25, -0.2) is 0 Å². The number of esters is 1. The number of carbonyl (C=O) groups excluding carboxylic acids is 2. The summed E-state index contributed by atoms with van der Waals surface area (Å²) in [5, 5.41) is 0. The van der Waals surface area contributed by atoms with Crippen LogP contribution in [0, 0.1) is 0 Å². The Bertz CT molecular complexity index is 711. The number of amides is 1. The minimum absolute atomic E-state index is 0.0648. The topological polar surface area (TPSA) is 55.8 Å². The summed E-state index contributed by atoms with van der Waals surface area (Å²) in [6.45, 7) is 6.16. The maximum absolute atomic E-state index is 12.9. The normalized spacial score (nSPS) is 10.5. The van der Waals surface area contributed by atoms with Crippen LogP contribution < -0.4 is 4.74 Å². The second-order valence-electron chi connectivity index (χ2n) is 6.14. The molecule has 0 aliphatic rings. The summed E-state index contributed by atoms with van der Waals surface area (Å²) in [4.78, 5) is 26.3. The molecule has 2 aromatic carbocycles. The molecule has 0 N–H and O–H groups in total. The molecule has 0 radical (unpaired) electrons. The van der Waals surface area contributed by atoms with Crippen LogP contribution in [0.5, 0.6) is 5.75 Å². The van der Waals surface area contributed by atoms with E-state index in [0.717, 1.165) is 5.56 Å². The SMILES string of the molecule is CCOC(=O)CN(Cc1ccccc1)C(=O)c1ccc(OC(C)C)cc1. The molecule has 138 valence electrons. The second kappa shape index (κ2) is 9.61. The van der Waals surface area contributed by atoms with Crippen LogP contribution in [0.3, 0.4) is 0 Å². The molecule has 0 aromatic heterocycles. The van der Waals surface area contributed by atoms with E-state index in [1.54, 1.807) is 31.2 Å². The van der Waals surface area contributed by atoms with Crippen molar-refractivity contribution in [1.29, 1.82) is 0 Å². The zero-order valence-corrected chi connectivity index (χ0v) is 15.5. The first-order valence-corrected chi connectivity index (χ1v) is 8.75. The zero-order valence-electron chi connectivity index (χ0n) is 15.5. The van der Waals surface area contributed by atoms with Crippen LogP contribution in [-0.4, -0.2) is 36.0 Å². The fourth-order valence-electron chi connectivity index (χ4n) is 2.50. The Hall–Kier alpha value is -2.82. The van der Waals surface area contributed by atoms with Crippen LogP contribution in [-0.2, 0) is 16.1 Å². The fourth-order valence-corrected chi connectivity index (χ4v) is 2.50. The van der Waals surface area contributed by atoms with E-state index >= 15 is 0 Å². The number of hydrogen-bond donors (Lipinski definition) is 0. The Morgan fingerprint density at radius 2 is 1.65 bits per heavy atom. The van der Waals surface area contributed by atoms with Gasteiger partial charge in [-0.15, -0.1) is 0 Å². The molecule has 5 heteroatoms. The van der Waals surface area contributed by atoms with Gasteiger partial charge in [0.2, 0.25) is 0 Å². The predicted molar refractivity (Wildman–Crippen MR) is 100 cm³/mol. The van der Waals surface area contributed by atoms with Gasteiger partial charge in [-0.1, -0.05) is 30.3 Å². The third-order valence-corrected chi connectivity index (χ3v) is 3.60. The third-order valence-electron chi connectivity index (χ3n) is 3.60. The van der Waals surface area contributed by atoms with Gasteiger partial charge >= 0.3 is 5.97 Å². The van der Waals surface area contributed by atoms with Crippen LogP contribution in [0.25, 0.3) is 0 Å². The number of nitrogens with zero attached hydrogens (tertiary/aromatic N) is 1. The second-order valence-corrected chi connectivity index (χ2v) is 6.14. The van der Waals surface area contributed by atoms with E-state index < -0.39 is 5.97 Å². The van der Waals surface area contributed by atoms with Crippen LogP contribution in [0.4, 0.5) is 0 Å². The van der Waals surface area contributed by atoms with Crippen molar-refractivity contribution in [3.8, 4) is 5.75 Å². The lowest BCUT2D eigenvalue weighted by molar-refractivity contribution is -0.143. The summed E-state index contributed by atoms with van der Waals surface area (Å²) in [7, 11) is 0. The molecule has 0 spiro atoms. The molecular weight excluding hydrogens is 330 g/mol. The highest BCUT2D eigenvalue weighted by Crippen LogP contribution is 2.16. The predicted octanol–water partition coefficient (Wildman–Crippen LogP) is 3.68. The van der Waals surface area contributed by atoms with E-state index in [9.17, 15) is 9.59 Å². The largest absolute Gasteiger partial charge is 0.491 e. The van der Waals surface area contributed by atoms with Crippen molar-refractivity contribution in [3.05, 3.63) is 65.7 Å². The van der Waals surface area contributed by atoms with E-state index in [4.69, 9.17) is 9.47 Å². The van der Waals surface area contributed by atoms with Gasteiger partial charge in [0.25, 0.3) is 5.91 Å². The van der Waals surface area contributed by atoms with Crippen molar-refractivity contribution in [3.63, 3.8) is 0 Å². The molecule has 0 saturated carbocycles. The van der Waals surface area contributed by atoms with E-state index in [-0.39, 0.29) is 25.2 Å². The van der Waals surface area contributed by atoms with E-state index in [2.05, 4.69) is 0 Å². The Balaban J connectivity index is 2.16. The summed E-state index contributed by atoms with van der Waals surface area (Å²) in [6, 6.07) is 16.5. The maximum Gasteiger partial charge on any atom is 0.325 e. The molecule has 2 aromatic rings. The maximum atomic E-state index is 12.9. The standard InChI is InChI=1S/C21H25NO4/c1-4-25-20(23)15-22(14-17-8-6-5-7-9-17)21(24)18-10-12-19(13-11-18)26-16(2)3/h5-13,16H,4,14-15H2,1-3H3. The molecule has 0 aliphatic carbocycles. The lowest BCUT2D eigenvalue weighted by atomic mass is 10.1. The summed E-state index contributed by atoms with van der Waals surface area (Å²) >= 11 is 0. The fraction of sp³-hybridized carbons (Fsp3) is 0.333. The van der Waals surface area contributed by atoms with Gasteiger partial charge in [0.15, 0.2) is 0 Å². The van der Waals surface area contributed by atoms with E-state index in [0.29, 0.717) is 17.9 Å². The van der Waals surface area contributed by atoms with Crippen molar-refractivity contribution in [2.24, 2.45) is 0 Å². The molecule has 2 rings (SSSR count). The quantitative estimate of drug-likeness (QED) is 0.678.